The molecular formula is C18H20N4O3. The molecule has 0 bridgehead atoms. The zero-order chi connectivity index (χ0) is 17.6. The van der Waals surface area contributed by atoms with Crippen LogP contribution in [-0.4, -0.2) is 40.5 Å². The number of nitrogens with zero attached hydrogens (tertiary/aromatic N) is 3. The van der Waals surface area contributed by atoms with Crippen molar-refractivity contribution < 1.29 is 14.4 Å². The van der Waals surface area contributed by atoms with Crippen LogP contribution in [0.3, 0.4) is 0 Å². The predicted octanol–water partition coefficient (Wildman–Crippen LogP) is 1.26. The van der Waals surface area contributed by atoms with E-state index in [0.717, 1.165) is 35.4 Å². The van der Waals surface area contributed by atoms with E-state index in [1.807, 2.05) is 19.2 Å². The molecule has 7 nitrogen and oxygen atoms in total. The SMILES string of the molecule is Cn1nc(C2CCC(=O)NC2=O)c2ccc(N3CCC(=O)CC3)cc21. The van der Waals surface area contributed by atoms with E-state index in [-0.39, 0.29) is 17.7 Å². The molecule has 1 aromatic carbocycles. The van der Waals surface area contributed by atoms with Gasteiger partial charge in [0.1, 0.15) is 5.78 Å². The topological polar surface area (TPSA) is 84.3 Å². The molecule has 1 N–H and O–H groups in total. The van der Waals surface area contributed by atoms with E-state index in [4.69, 9.17) is 0 Å². The lowest BCUT2D eigenvalue weighted by Crippen LogP contribution is -2.39. The van der Waals surface area contributed by atoms with Crippen LogP contribution >= 0.6 is 0 Å². The lowest BCUT2D eigenvalue weighted by atomic mass is 9.92. The van der Waals surface area contributed by atoms with Gasteiger partial charge in [0.25, 0.3) is 0 Å². The molecule has 130 valence electrons. The van der Waals surface area contributed by atoms with Crippen molar-refractivity contribution in [3.8, 4) is 0 Å². The number of hydrogen-bond donors (Lipinski definition) is 1. The second kappa shape index (κ2) is 5.98. The Morgan fingerprint density at radius 3 is 2.60 bits per heavy atom. The van der Waals surface area contributed by atoms with Crippen LogP contribution in [0.5, 0.6) is 0 Å². The Kier molecular flexibility index (Phi) is 3.78. The summed E-state index contributed by atoms with van der Waals surface area (Å²) in [4.78, 5) is 37.2. The molecule has 7 heteroatoms. The molecule has 0 radical (unpaired) electrons. The number of nitrogens with one attached hydrogen (secondary N) is 1. The lowest BCUT2D eigenvalue weighted by Gasteiger charge is -2.28. The largest absolute Gasteiger partial charge is 0.371 e. The first kappa shape index (κ1) is 15.8. The number of carbonyl (C=O) groups is 3. The van der Waals surface area contributed by atoms with Gasteiger partial charge in [-0.2, -0.15) is 5.10 Å². The number of piperidine rings is 2. The molecular weight excluding hydrogens is 320 g/mol. The van der Waals surface area contributed by atoms with Gasteiger partial charge < -0.3 is 4.90 Å². The summed E-state index contributed by atoms with van der Waals surface area (Å²) in [5.74, 6) is -0.559. The van der Waals surface area contributed by atoms with Gasteiger partial charge in [-0.3, -0.25) is 24.4 Å². The number of carbonyl (C=O) groups excluding carboxylic acids is 3. The molecule has 0 spiro atoms. The summed E-state index contributed by atoms with van der Waals surface area (Å²) in [5, 5.41) is 7.90. The van der Waals surface area contributed by atoms with Gasteiger partial charge in [0.15, 0.2) is 0 Å². The Morgan fingerprint density at radius 1 is 1.12 bits per heavy atom. The molecule has 2 saturated heterocycles. The fraction of sp³-hybridized carbons (Fsp3) is 0.444. The maximum absolute atomic E-state index is 12.2. The molecule has 2 fully saturated rings. The van der Waals surface area contributed by atoms with E-state index in [1.165, 1.54) is 0 Å². The van der Waals surface area contributed by atoms with Crippen LogP contribution in [0.2, 0.25) is 0 Å². The number of fused-ring (bicyclic) bond motifs is 1. The van der Waals surface area contributed by atoms with Crippen molar-refractivity contribution in [3.05, 3.63) is 23.9 Å². The Hall–Kier alpha value is -2.70. The fourth-order valence-electron chi connectivity index (χ4n) is 3.70. The van der Waals surface area contributed by atoms with Gasteiger partial charge in [-0.05, 0) is 24.6 Å². The van der Waals surface area contributed by atoms with Crippen molar-refractivity contribution >= 4 is 34.2 Å². The third-order valence-corrected chi connectivity index (χ3v) is 5.12. The smallest absolute Gasteiger partial charge is 0.235 e. The van der Waals surface area contributed by atoms with E-state index in [1.54, 1.807) is 4.68 Å². The first-order valence-electron chi connectivity index (χ1n) is 8.60. The second-order valence-electron chi connectivity index (χ2n) is 6.74. The Labute approximate surface area is 145 Å². The van der Waals surface area contributed by atoms with Crippen LogP contribution in [0.1, 0.15) is 37.3 Å². The van der Waals surface area contributed by atoms with Crippen LogP contribution in [0.15, 0.2) is 18.2 Å². The quantitative estimate of drug-likeness (QED) is 0.832. The van der Waals surface area contributed by atoms with Crippen molar-refractivity contribution in [1.29, 1.82) is 0 Å². The number of aryl methyl sites for hydroxylation is 1. The summed E-state index contributed by atoms with van der Waals surface area (Å²) in [6.45, 7) is 1.48. The van der Waals surface area contributed by atoms with Gasteiger partial charge in [-0.25, -0.2) is 0 Å². The van der Waals surface area contributed by atoms with Crippen LogP contribution in [0.25, 0.3) is 10.9 Å². The summed E-state index contributed by atoms with van der Waals surface area (Å²) in [6, 6.07) is 6.08. The van der Waals surface area contributed by atoms with Crippen LogP contribution in [0, 0.1) is 0 Å². The first-order chi connectivity index (χ1) is 12.0. The molecule has 25 heavy (non-hydrogen) atoms. The molecule has 2 amide bonds. The summed E-state index contributed by atoms with van der Waals surface area (Å²) in [6.07, 6.45) is 2.01. The number of rotatable bonds is 2. The van der Waals surface area contributed by atoms with Gasteiger partial charge in [0, 0.05) is 50.5 Å². The summed E-state index contributed by atoms with van der Waals surface area (Å²) < 4.78 is 1.78. The molecule has 0 aliphatic carbocycles. The predicted molar refractivity (Wildman–Crippen MR) is 92.3 cm³/mol. The number of imide groups is 1. The highest BCUT2D eigenvalue weighted by atomic mass is 16.2. The molecule has 4 rings (SSSR count). The average molecular weight is 340 g/mol. The summed E-state index contributed by atoms with van der Waals surface area (Å²) in [7, 11) is 1.86. The normalized spacial score (nSPS) is 21.7. The minimum Gasteiger partial charge on any atom is -0.371 e. The van der Waals surface area contributed by atoms with E-state index >= 15 is 0 Å². The number of hydrogen-bond acceptors (Lipinski definition) is 5. The Balaban J connectivity index is 1.68. The highest BCUT2D eigenvalue weighted by molar-refractivity contribution is 6.02. The third kappa shape index (κ3) is 2.79. The van der Waals surface area contributed by atoms with E-state index < -0.39 is 0 Å². The van der Waals surface area contributed by atoms with E-state index in [2.05, 4.69) is 21.4 Å². The monoisotopic (exact) mass is 340 g/mol. The summed E-state index contributed by atoms with van der Waals surface area (Å²) >= 11 is 0. The van der Waals surface area contributed by atoms with E-state index in [9.17, 15) is 14.4 Å². The zero-order valence-corrected chi connectivity index (χ0v) is 14.1. The van der Waals surface area contributed by atoms with Crippen molar-refractivity contribution in [1.82, 2.24) is 15.1 Å². The van der Waals surface area contributed by atoms with Gasteiger partial charge in [0.05, 0.1) is 17.1 Å². The maximum Gasteiger partial charge on any atom is 0.235 e. The number of aromatic nitrogens is 2. The minimum atomic E-state index is -0.389. The van der Waals surface area contributed by atoms with Gasteiger partial charge in [-0.1, -0.05) is 0 Å². The van der Waals surface area contributed by atoms with Gasteiger partial charge >= 0.3 is 0 Å². The first-order valence-corrected chi connectivity index (χ1v) is 8.60. The lowest BCUT2D eigenvalue weighted by molar-refractivity contribution is -0.134. The molecule has 1 unspecified atom stereocenters. The van der Waals surface area contributed by atoms with Crippen LogP contribution in [-0.2, 0) is 21.4 Å². The van der Waals surface area contributed by atoms with Crippen LogP contribution < -0.4 is 10.2 Å². The van der Waals surface area contributed by atoms with Crippen molar-refractivity contribution in [2.24, 2.45) is 7.05 Å². The van der Waals surface area contributed by atoms with Crippen molar-refractivity contribution in [2.45, 2.75) is 31.6 Å². The molecule has 3 heterocycles. The minimum absolute atomic E-state index is 0.219. The van der Waals surface area contributed by atoms with Crippen molar-refractivity contribution in [2.75, 3.05) is 18.0 Å². The van der Waals surface area contributed by atoms with Gasteiger partial charge in [-0.15, -0.1) is 0 Å². The Morgan fingerprint density at radius 2 is 1.88 bits per heavy atom. The standard InChI is InChI=1S/C18H20N4O3/c1-21-15-10-11(22-8-6-12(23)7-9-22)2-3-13(15)17(20-21)14-4-5-16(24)19-18(14)25/h2-3,10,14H,4-9H2,1H3,(H,19,24,25). The Bertz CT molecular complexity index is 876. The number of Topliss-reactive ketones (excluding diaryl/α,β-unsaturated/α-hetero) is 1. The number of anilines is 1. The highest BCUT2D eigenvalue weighted by Gasteiger charge is 2.31. The molecule has 1 aromatic heterocycles. The third-order valence-electron chi connectivity index (χ3n) is 5.12. The number of amides is 2. The molecule has 2 aromatic rings. The highest BCUT2D eigenvalue weighted by Crippen LogP contribution is 2.32. The molecule has 0 saturated carbocycles. The van der Waals surface area contributed by atoms with Gasteiger partial charge in [0.2, 0.25) is 11.8 Å². The fourth-order valence-corrected chi connectivity index (χ4v) is 3.70. The average Bonchev–Trinajstić information content (AvgIpc) is 2.92. The molecule has 1 atom stereocenters. The number of ketones is 1. The summed E-state index contributed by atoms with van der Waals surface area (Å²) in [5.41, 5.74) is 2.75. The van der Waals surface area contributed by atoms with Crippen molar-refractivity contribution in [3.63, 3.8) is 0 Å². The second-order valence-corrected chi connectivity index (χ2v) is 6.74. The zero-order valence-electron chi connectivity index (χ0n) is 14.1. The molecule has 2 aliphatic rings. The molecule has 2 aliphatic heterocycles. The van der Waals surface area contributed by atoms with E-state index in [0.29, 0.717) is 31.5 Å². The maximum atomic E-state index is 12.2. The van der Waals surface area contributed by atoms with Crippen LogP contribution in [0.4, 0.5) is 5.69 Å². The number of benzene rings is 1.